The average molecular weight is 249 g/mol. The summed E-state index contributed by atoms with van der Waals surface area (Å²) in [6, 6.07) is 7.09. The average Bonchev–Trinajstić information content (AvgIpc) is 2.78. The van der Waals surface area contributed by atoms with Crippen LogP contribution in [0.25, 0.3) is 11.4 Å². The van der Waals surface area contributed by atoms with Crippen LogP contribution in [0.3, 0.4) is 0 Å². The molecule has 0 saturated heterocycles. The second kappa shape index (κ2) is 5.23. The summed E-state index contributed by atoms with van der Waals surface area (Å²) in [4.78, 5) is 4.37. The highest BCUT2D eigenvalue weighted by atomic mass is 32.2. The number of phenols is 1. The number of phenolic OH excluding ortho intramolecular Hbond substituents is 1. The van der Waals surface area contributed by atoms with Gasteiger partial charge < -0.3 is 5.11 Å². The molecular formula is C12H15N3OS. The lowest BCUT2D eigenvalue weighted by Gasteiger charge is -2.02. The van der Waals surface area contributed by atoms with Gasteiger partial charge in [0.2, 0.25) is 5.16 Å². The molecular weight excluding hydrogens is 234 g/mol. The molecule has 0 aliphatic rings. The fraction of sp³-hybridized carbons (Fsp3) is 0.333. The van der Waals surface area contributed by atoms with Crippen molar-refractivity contribution in [3.63, 3.8) is 0 Å². The molecule has 0 spiro atoms. The van der Waals surface area contributed by atoms with Crippen LogP contribution >= 0.6 is 11.8 Å². The van der Waals surface area contributed by atoms with Gasteiger partial charge in [0.15, 0.2) is 5.82 Å². The van der Waals surface area contributed by atoms with E-state index in [2.05, 4.69) is 29.0 Å². The molecule has 0 aliphatic carbocycles. The van der Waals surface area contributed by atoms with E-state index in [-0.39, 0.29) is 5.75 Å². The van der Waals surface area contributed by atoms with E-state index < -0.39 is 0 Å². The first-order chi connectivity index (χ1) is 8.20. The number of rotatable bonds is 4. The molecule has 1 aromatic heterocycles. The van der Waals surface area contributed by atoms with E-state index in [4.69, 9.17) is 0 Å². The van der Waals surface area contributed by atoms with Crippen molar-refractivity contribution in [2.24, 2.45) is 0 Å². The van der Waals surface area contributed by atoms with E-state index in [1.807, 2.05) is 12.1 Å². The smallest absolute Gasteiger partial charge is 0.209 e. The predicted molar refractivity (Wildman–Crippen MR) is 69.1 cm³/mol. The summed E-state index contributed by atoms with van der Waals surface area (Å²) in [5.74, 6) is 0.817. The van der Waals surface area contributed by atoms with Gasteiger partial charge in [0.25, 0.3) is 0 Å². The van der Waals surface area contributed by atoms with Gasteiger partial charge in [0.05, 0.1) is 5.56 Å². The maximum Gasteiger partial charge on any atom is 0.209 e. The third kappa shape index (κ3) is 2.79. The fourth-order valence-corrected chi connectivity index (χ4v) is 2.13. The van der Waals surface area contributed by atoms with Crippen molar-refractivity contribution in [1.29, 1.82) is 0 Å². The summed E-state index contributed by atoms with van der Waals surface area (Å²) >= 11 is 1.63. The molecule has 0 unspecified atom stereocenters. The van der Waals surface area contributed by atoms with Gasteiger partial charge in [0.1, 0.15) is 5.75 Å². The van der Waals surface area contributed by atoms with E-state index >= 15 is 0 Å². The lowest BCUT2D eigenvalue weighted by Crippen LogP contribution is -1.92. The van der Waals surface area contributed by atoms with Crippen molar-refractivity contribution in [2.75, 3.05) is 0 Å². The highest BCUT2D eigenvalue weighted by molar-refractivity contribution is 7.99. The number of aromatic amines is 1. The zero-order valence-electron chi connectivity index (χ0n) is 9.84. The van der Waals surface area contributed by atoms with Crippen molar-refractivity contribution < 1.29 is 5.11 Å². The standard InChI is InChI=1S/C12H15N3OS/c1-3-8(2)17-12-13-11(14-15-12)9-6-4-5-7-10(9)16/h4-8,16H,3H2,1-2H3,(H,13,14,15)/t8-/m1/s1. The van der Waals surface area contributed by atoms with Gasteiger partial charge in [-0.2, -0.15) is 0 Å². The third-order valence-electron chi connectivity index (χ3n) is 2.51. The number of aromatic nitrogens is 3. The highest BCUT2D eigenvalue weighted by Gasteiger charge is 2.11. The van der Waals surface area contributed by atoms with Crippen LogP contribution in [0.15, 0.2) is 29.4 Å². The molecule has 17 heavy (non-hydrogen) atoms. The number of benzene rings is 1. The Morgan fingerprint density at radius 3 is 2.88 bits per heavy atom. The van der Waals surface area contributed by atoms with Gasteiger partial charge in [0, 0.05) is 5.25 Å². The molecule has 0 radical (unpaired) electrons. The molecule has 5 heteroatoms. The first-order valence-electron chi connectivity index (χ1n) is 5.58. The second-order valence-corrected chi connectivity index (χ2v) is 5.23. The van der Waals surface area contributed by atoms with Gasteiger partial charge >= 0.3 is 0 Å². The Labute approximate surface area is 104 Å². The Balaban J connectivity index is 2.21. The Hall–Kier alpha value is -1.49. The van der Waals surface area contributed by atoms with Crippen LogP contribution in [0, 0.1) is 0 Å². The molecule has 2 rings (SSSR count). The van der Waals surface area contributed by atoms with Crippen LogP contribution in [0.1, 0.15) is 20.3 Å². The van der Waals surface area contributed by atoms with Crippen LogP contribution in [-0.4, -0.2) is 25.5 Å². The van der Waals surface area contributed by atoms with Gasteiger partial charge in [-0.25, -0.2) is 4.98 Å². The van der Waals surface area contributed by atoms with Gasteiger partial charge in [-0.05, 0) is 18.6 Å². The largest absolute Gasteiger partial charge is 0.507 e. The molecule has 1 atom stereocenters. The van der Waals surface area contributed by atoms with Crippen molar-refractivity contribution in [2.45, 2.75) is 30.7 Å². The SMILES string of the molecule is CC[C@@H](C)Sc1n[nH]c(-c2ccccc2O)n1. The lowest BCUT2D eigenvalue weighted by molar-refractivity contribution is 0.477. The Bertz CT molecular complexity index is 498. The number of para-hydroxylation sites is 1. The molecule has 0 saturated carbocycles. The molecule has 1 heterocycles. The quantitative estimate of drug-likeness (QED) is 0.817. The van der Waals surface area contributed by atoms with E-state index in [1.54, 1.807) is 23.9 Å². The maximum absolute atomic E-state index is 9.71. The highest BCUT2D eigenvalue weighted by Crippen LogP contribution is 2.28. The number of H-pyrrole nitrogens is 1. The van der Waals surface area contributed by atoms with E-state index in [1.165, 1.54) is 0 Å². The predicted octanol–water partition coefficient (Wildman–Crippen LogP) is 3.07. The van der Waals surface area contributed by atoms with Gasteiger partial charge in [-0.1, -0.05) is 37.7 Å². The second-order valence-electron chi connectivity index (χ2n) is 3.82. The third-order valence-corrected chi connectivity index (χ3v) is 3.63. The fourth-order valence-electron chi connectivity index (χ4n) is 1.36. The van der Waals surface area contributed by atoms with E-state index in [9.17, 15) is 5.11 Å². The van der Waals surface area contributed by atoms with Crippen LogP contribution in [0.4, 0.5) is 0 Å². The number of nitrogens with one attached hydrogen (secondary N) is 1. The van der Waals surface area contributed by atoms with E-state index in [0.717, 1.165) is 11.6 Å². The van der Waals surface area contributed by atoms with Gasteiger partial charge in [-0.15, -0.1) is 5.10 Å². The monoisotopic (exact) mass is 249 g/mol. The molecule has 2 N–H and O–H groups in total. The Morgan fingerprint density at radius 2 is 2.18 bits per heavy atom. The van der Waals surface area contributed by atoms with Gasteiger partial charge in [-0.3, -0.25) is 5.10 Å². The van der Waals surface area contributed by atoms with Crippen LogP contribution in [-0.2, 0) is 0 Å². The maximum atomic E-state index is 9.71. The number of aromatic hydroxyl groups is 1. The van der Waals surface area contributed by atoms with Crippen molar-refractivity contribution in [1.82, 2.24) is 15.2 Å². The van der Waals surface area contributed by atoms with Crippen LogP contribution in [0.5, 0.6) is 5.75 Å². The van der Waals surface area contributed by atoms with Crippen LogP contribution < -0.4 is 0 Å². The number of hydrogen-bond donors (Lipinski definition) is 2. The van der Waals surface area contributed by atoms with Crippen LogP contribution in [0.2, 0.25) is 0 Å². The zero-order chi connectivity index (χ0) is 12.3. The summed E-state index contributed by atoms with van der Waals surface area (Å²) in [7, 11) is 0. The molecule has 0 bridgehead atoms. The molecule has 1 aromatic carbocycles. The molecule has 4 nitrogen and oxygen atoms in total. The normalized spacial score (nSPS) is 12.6. The number of thioether (sulfide) groups is 1. The molecule has 2 aromatic rings. The molecule has 0 amide bonds. The summed E-state index contributed by atoms with van der Waals surface area (Å²) in [5.41, 5.74) is 0.677. The first-order valence-corrected chi connectivity index (χ1v) is 6.46. The topological polar surface area (TPSA) is 61.8 Å². The van der Waals surface area contributed by atoms with Crippen molar-refractivity contribution in [3.05, 3.63) is 24.3 Å². The minimum Gasteiger partial charge on any atom is -0.507 e. The zero-order valence-corrected chi connectivity index (χ0v) is 10.7. The molecule has 0 fully saturated rings. The van der Waals surface area contributed by atoms with Crippen molar-refractivity contribution in [3.8, 4) is 17.1 Å². The Kier molecular flexibility index (Phi) is 3.68. The minimum absolute atomic E-state index is 0.212. The molecule has 0 aliphatic heterocycles. The molecule has 90 valence electrons. The first kappa shape index (κ1) is 12.0. The summed E-state index contributed by atoms with van der Waals surface area (Å²) in [6.45, 7) is 4.27. The lowest BCUT2D eigenvalue weighted by atomic mass is 10.2. The van der Waals surface area contributed by atoms with Crippen molar-refractivity contribution >= 4 is 11.8 Å². The summed E-state index contributed by atoms with van der Waals surface area (Å²) in [5, 5.41) is 17.9. The Morgan fingerprint density at radius 1 is 1.41 bits per heavy atom. The summed E-state index contributed by atoms with van der Waals surface area (Å²) < 4.78 is 0. The van der Waals surface area contributed by atoms with E-state index in [0.29, 0.717) is 16.6 Å². The number of nitrogens with zero attached hydrogens (tertiary/aromatic N) is 2. The number of hydrogen-bond acceptors (Lipinski definition) is 4. The summed E-state index contributed by atoms with van der Waals surface area (Å²) in [6.07, 6.45) is 1.07. The minimum atomic E-state index is 0.212.